The first kappa shape index (κ1) is 11.3. The van der Waals surface area contributed by atoms with Crippen LogP contribution in [0.5, 0.6) is 0 Å². The summed E-state index contributed by atoms with van der Waals surface area (Å²) in [6.07, 6.45) is 8.64. The zero-order chi connectivity index (χ0) is 11.1. The molecule has 3 nitrogen and oxygen atoms in total. The van der Waals surface area contributed by atoms with Crippen molar-refractivity contribution in [2.45, 2.75) is 13.8 Å². The lowest BCUT2D eigenvalue weighted by molar-refractivity contribution is 0.880. The topological polar surface area (TPSA) is 38.1 Å². The van der Waals surface area contributed by atoms with Crippen molar-refractivity contribution < 1.29 is 0 Å². The number of hydrogen-bond donors (Lipinski definition) is 0. The molecule has 0 amide bonds. The van der Waals surface area contributed by atoms with Crippen LogP contribution in [0.15, 0.2) is 48.4 Å². The second kappa shape index (κ2) is 5.86. The number of aliphatic imine (C=N–C) groups is 1. The minimum atomic E-state index is 0.351. The fourth-order valence-electron chi connectivity index (χ4n) is 1.18. The Labute approximate surface area is 90.3 Å². The highest BCUT2D eigenvalue weighted by Gasteiger charge is 2.07. The maximum atomic E-state index is 4.38. The van der Waals surface area contributed by atoms with Gasteiger partial charge in [0.15, 0.2) is 0 Å². The number of aromatic nitrogens is 2. The van der Waals surface area contributed by atoms with Crippen LogP contribution in [-0.4, -0.2) is 15.9 Å². The summed E-state index contributed by atoms with van der Waals surface area (Å²) in [5.41, 5.74) is 2.01. The molecule has 1 heterocycles. The van der Waals surface area contributed by atoms with E-state index >= 15 is 0 Å². The molecule has 0 saturated carbocycles. The molecule has 0 aromatic carbocycles. The molecular formula is C12H15N3. The Kier molecular flexibility index (Phi) is 4.41. The Morgan fingerprint density at radius 3 is 2.80 bits per heavy atom. The van der Waals surface area contributed by atoms with Gasteiger partial charge in [-0.25, -0.2) is 0 Å². The molecule has 0 aliphatic heterocycles. The van der Waals surface area contributed by atoms with E-state index in [9.17, 15) is 0 Å². The summed E-state index contributed by atoms with van der Waals surface area (Å²) in [5, 5.41) is 7.59. The Bertz CT molecular complexity index is 364. The van der Waals surface area contributed by atoms with E-state index in [-0.39, 0.29) is 0 Å². The fraction of sp³-hybridized carbons (Fsp3) is 0.250. The third kappa shape index (κ3) is 3.46. The van der Waals surface area contributed by atoms with Crippen molar-refractivity contribution in [1.29, 1.82) is 0 Å². The third-order valence-electron chi connectivity index (χ3n) is 1.86. The first-order chi connectivity index (χ1) is 7.25. The average molecular weight is 201 g/mol. The van der Waals surface area contributed by atoms with Crippen molar-refractivity contribution >= 4 is 5.71 Å². The van der Waals surface area contributed by atoms with Gasteiger partial charge in [-0.1, -0.05) is 26.5 Å². The van der Waals surface area contributed by atoms with E-state index in [1.54, 1.807) is 30.7 Å². The van der Waals surface area contributed by atoms with Crippen molar-refractivity contribution in [3.05, 3.63) is 49.0 Å². The van der Waals surface area contributed by atoms with Crippen LogP contribution >= 0.6 is 0 Å². The highest BCUT2D eigenvalue weighted by Crippen LogP contribution is 2.08. The molecule has 0 radical (unpaired) electrons. The van der Waals surface area contributed by atoms with E-state index in [4.69, 9.17) is 0 Å². The Morgan fingerprint density at radius 1 is 1.47 bits per heavy atom. The minimum absolute atomic E-state index is 0.351. The third-order valence-corrected chi connectivity index (χ3v) is 1.86. The standard InChI is InChI=1S/C12H15N3/c1-4-5-7-13-12(10(2)3)11-6-8-14-15-9-11/h4-10H,1H2,2-3H3/b7-5-,13-12+. The lowest BCUT2D eigenvalue weighted by Crippen LogP contribution is -2.09. The lowest BCUT2D eigenvalue weighted by atomic mass is 10.0. The molecule has 15 heavy (non-hydrogen) atoms. The molecule has 78 valence electrons. The van der Waals surface area contributed by atoms with Crippen LogP contribution in [0, 0.1) is 5.92 Å². The number of nitrogens with zero attached hydrogens (tertiary/aromatic N) is 3. The van der Waals surface area contributed by atoms with Crippen molar-refractivity contribution in [2.75, 3.05) is 0 Å². The quantitative estimate of drug-likeness (QED) is 0.554. The van der Waals surface area contributed by atoms with Crippen LogP contribution in [0.2, 0.25) is 0 Å². The van der Waals surface area contributed by atoms with E-state index in [1.807, 2.05) is 6.07 Å². The van der Waals surface area contributed by atoms with E-state index in [0.29, 0.717) is 5.92 Å². The first-order valence-electron chi connectivity index (χ1n) is 4.88. The SMILES string of the molecule is C=C/C=C\N=C(\c1ccnnc1)C(C)C. The molecule has 0 fully saturated rings. The van der Waals surface area contributed by atoms with Crippen molar-refractivity contribution in [1.82, 2.24) is 10.2 Å². The summed E-state index contributed by atoms with van der Waals surface area (Å²) in [4.78, 5) is 4.38. The fourth-order valence-corrected chi connectivity index (χ4v) is 1.18. The summed E-state index contributed by atoms with van der Waals surface area (Å²) >= 11 is 0. The predicted molar refractivity (Wildman–Crippen MR) is 62.7 cm³/mol. The van der Waals surface area contributed by atoms with Gasteiger partial charge < -0.3 is 0 Å². The van der Waals surface area contributed by atoms with Gasteiger partial charge in [0.2, 0.25) is 0 Å². The van der Waals surface area contributed by atoms with Crippen LogP contribution < -0.4 is 0 Å². The predicted octanol–water partition coefficient (Wildman–Crippen LogP) is 2.62. The molecule has 0 unspecified atom stereocenters. The molecule has 0 aliphatic carbocycles. The molecule has 0 bridgehead atoms. The van der Waals surface area contributed by atoms with Crippen molar-refractivity contribution in [3.8, 4) is 0 Å². The van der Waals surface area contributed by atoms with Crippen molar-refractivity contribution in [2.24, 2.45) is 10.9 Å². The monoisotopic (exact) mass is 201 g/mol. The summed E-state index contributed by atoms with van der Waals surface area (Å²) in [5.74, 6) is 0.351. The Balaban J connectivity index is 2.98. The van der Waals surface area contributed by atoms with E-state index in [2.05, 4.69) is 35.6 Å². The molecule has 1 aromatic rings. The average Bonchev–Trinajstić information content (AvgIpc) is 2.25. The van der Waals surface area contributed by atoms with Gasteiger partial charge in [0, 0.05) is 11.8 Å². The van der Waals surface area contributed by atoms with E-state index < -0.39 is 0 Å². The minimum Gasteiger partial charge on any atom is -0.260 e. The number of rotatable bonds is 4. The summed E-state index contributed by atoms with van der Waals surface area (Å²) in [6, 6.07) is 1.91. The maximum absolute atomic E-state index is 4.38. The smallest absolute Gasteiger partial charge is 0.0587 e. The largest absolute Gasteiger partial charge is 0.260 e. The number of hydrogen-bond acceptors (Lipinski definition) is 3. The second-order valence-corrected chi connectivity index (χ2v) is 3.38. The lowest BCUT2D eigenvalue weighted by Gasteiger charge is -2.07. The molecule has 0 saturated heterocycles. The van der Waals surface area contributed by atoms with Gasteiger partial charge in [-0.3, -0.25) is 4.99 Å². The van der Waals surface area contributed by atoms with Gasteiger partial charge in [0.25, 0.3) is 0 Å². The molecule has 3 heteroatoms. The molecule has 1 aromatic heterocycles. The van der Waals surface area contributed by atoms with Gasteiger partial charge >= 0.3 is 0 Å². The van der Waals surface area contributed by atoms with Crippen LogP contribution in [0.3, 0.4) is 0 Å². The Morgan fingerprint density at radius 2 is 2.27 bits per heavy atom. The molecule has 0 N–H and O–H groups in total. The maximum Gasteiger partial charge on any atom is 0.0587 e. The molecule has 0 aliphatic rings. The van der Waals surface area contributed by atoms with Gasteiger partial charge in [0.1, 0.15) is 0 Å². The molecule has 0 spiro atoms. The van der Waals surface area contributed by atoms with Gasteiger partial charge in [-0.2, -0.15) is 10.2 Å². The first-order valence-corrected chi connectivity index (χ1v) is 4.88. The van der Waals surface area contributed by atoms with Crippen LogP contribution in [0.25, 0.3) is 0 Å². The Hall–Kier alpha value is -1.77. The van der Waals surface area contributed by atoms with E-state index in [1.165, 1.54) is 0 Å². The summed E-state index contributed by atoms with van der Waals surface area (Å²) in [7, 11) is 0. The second-order valence-electron chi connectivity index (χ2n) is 3.38. The van der Waals surface area contributed by atoms with Gasteiger partial charge in [-0.05, 0) is 18.1 Å². The van der Waals surface area contributed by atoms with Gasteiger partial charge in [-0.15, -0.1) is 0 Å². The van der Waals surface area contributed by atoms with E-state index in [0.717, 1.165) is 11.3 Å². The zero-order valence-electron chi connectivity index (χ0n) is 9.09. The highest BCUT2D eigenvalue weighted by molar-refractivity contribution is 6.01. The molecular weight excluding hydrogens is 186 g/mol. The van der Waals surface area contributed by atoms with Crippen LogP contribution in [0.1, 0.15) is 19.4 Å². The van der Waals surface area contributed by atoms with Crippen LogP contribution in [-0.2, 0) is 0 Å². The molecule has 0 atom stereocenters. The van der Waals surface area contributed by atoms with Crippen LogP contribution in [0.4, 0.5) is 0 Å². The summed E-state index contributed by atoms with van der Waals surface area (Å²) in [6.45, 7) is 7.79. The number of allylic oxidation sites excluding steroid dienone is 2. The zero-order valence-corrected chi connectivity index (χ0v) is 9.09. The highest BCUT2D eigenvalue weighted by atomic mass is 15.1. The van der Waals surface area contributed by atoms with Gasteiger partial charge in [0.05, 0.1) is 18.1 Å². The van der Waals surface area contributed by atoms with Crippen molar-refractivity contribution in [3.63, 3.8) is 0 Å². The summed E-state index contributed by atoms with van der Waals surface area (Å²) < 4.78 is 0. The normalized spacial score (nSPS) is 12.3. The molecule has 1 rings (SSSR count).